The number of benzene rings is 1. The molecule has 0 unspecified atom stereocenters. The van der Waals surface area contributed by atoms with E-state index >= 15 is 0 Å². The first-order valence-electron chi connectivity index (χ1n) is 4.48. The summed E-state index contributed by atoms with van der Waals surface area (Å²) in [7, 11) is 0. The van der Waals surface area contributed by atoms with Crippen molar-refractivity contribution in [1.82, 2.24) is 5.01 Å². The van der Waals surface area contributed by atoms with E-state index in [-0.39, 0.29) is 5.91 Å². The molecule has 3 heteroatoms. The van der Waals surface area contributed by atoms with Crippen molar-refractivity contribution >= 4 is 11.6 Å². The number of nitrogens with zero attached hydrogens (tertiary/aromatic N) is 1. The van der Waals surface area contributed by atoms with Gasteiger partial charge in [-0.1, -0.05) is 18.2 Å². The molecule has 1 amide bonds. The highest BCUT2D eigenvalue weighted by Gasteiger charge is 2.19. The third-order valence-corrected chi connectivity index (χ3v) is 2.11. The summed E-state index contributed by atoms with van der Waals surface area (Å²) in [5.74, 6) is 0.184. The Bertz CT molecular complexity index is 297. The Hall–Kier alpha value is -1.51. The largest absolute Gasteiger partial charge is 0.296 e. The van der Waals surface area contributed by atoms with Crippen molar-refractivity contribution < 1.29 is 4.79 Å². The van der Waals surface area contributed by atoms with E-state index in [0.29, 0.717) is 6.42 Å². The third-order valence-electron chi connectivity index (χ3n) is 2.11. The number of nitrogens with one attached hydrogen (secondary N) is 1. The van der Waals surface area contributed by atoms with Gasteiger partial charge in [0.25, 0.3) is 0 Å². The molecule has 0 spiro atoms. The predicted octanol–water partition coefficient (Wildman–Crippen LogP) is 1.64. The van der Waals surface area contributed by atoms with Crippen LogP contribution in [0.4, 0.5) is 5.69 Å². The second kappa shape index (κ2) is 3.47. The monoisotopic (exact) mass is 176 g/mol. The molecule has 1 heterocycles. The maximum absolute atomic E-state index is 11.2. The van der Waals surface area contributed by atoms with Crippen LogP contribution in [0.15, 0.2) is 30.3 Å². The molecular weight excluding hydrogens is 164 g/mol. The molecule has 1 aliphatic heterocycles. The minimum absolute atomic E-state index is 0.184. The summed E-state index contributed by atoms with van der Waals surface area (Å²) in [5, 5.41) is 1.68. The van der Waals surface area contributed by atoms with Crippen molar-refractivity contribution in [3.63, 3.8) is 0 Å². The Morgan fingerprint density at radius 3 is 2.62 bits per heavy atom. The van der Waals surface area contributed by atoms with Gasteiger partial charge in [-0.25, -0.2) is 0 Å². The number of carbonyl (C=O) groups excluding carboxylic acids is 1. The molecule has 1 fully saturated rings. The lowest BCUT2D eigenvalue weighted by molar-refractivity contribution is -0.126. The lowest BCUT2D eigenvalue weighted by Gasteiger charge is -2.17. The summed E-state index contributed by atoms with van der Waals surface area (Å²) < 4.78 is 0. The predicted molar refractivity (Wildman–Crippen MR) is 51.0 cm³/mol. The fourth-order valence-electron chi connectivity index (χ4n) is 1.43. The fourth-order valence-corrected chi connectivity index (χ4v) is 1.43. The van der Waals surface area contributed by atoms with Crippen LogP contribution in [0, 0.1) is 0 Å². The molecule has 0 bridgehead atoms. The van der Waals surface area contributed by atoms with Crippen molar-refractivity contribution in [2.75, 3.05) is 12.0 Å². The topological polar surface area (TPSA) is 32.3 Å². The Morgan fingerprint density at radius 1 is 1.23 bits per heavy atom. The minimum Gasteiger partial charge on any atom is -0.296 e. The Morgan fingerprint density at radius 2 is 2.00 bits per heavy atom. The smallest absolute Gasteiger partial charge is 0.240 e. The zero-order valence-corrected chi connectivity index (χ0v) is 7.36. The first-order valence-corrected chi connectivity index (χ1v) is 4.48. The van der Waals surface area contributed by atoms with E-state index in [4.69, 9.17) is 0 Å². The highest BCUT2D eigenvalue weighted by Crippen LogP contribution is 2.13. The normalized spacial score (nSPS) is 16.3. The molecule has 1 saturated heterocycles. The van der Waals surface area contributed by atoms with Gasteiger partial charge >= 0.3 is 0 Å². The van der Waals surface area contributed by atoms with Crippen LogP contribution in [0.1, 0.15) is 12.8 Å². The average molecular weight is 176 g/mol. The molecule has 1 N–H and O–H groups in total. The van der Waals surface area contributed by atoms with E-state index in [1.807, 2.05) is 30.3 Å². The summed E-state index contributed by atoms with van der Waals surface area (Å²) in [6, 6.07) is 9.75. The van der Waals surface area contributed by atoms with Gasteiger partial charge in [-0.05, 0) is 18.6 Å². The number of hydrogen-bond donors (Lipinski definition) is 1. The van der Waals surface area contributed by atoms with Crippen LogP contribution in [0.5, 0.6) is 0 Å². The van der Waals surface area contributed by atoms with Crippen LogP contribution >= 0.6 is 0 Å². The third kappa shape index (κ3) is 1.80. The van der Waals surface area contributed by atoms with Crippen LogP contribution in [0.2, 0.25) is 0 Å². The summed E-state index contributed by atoms with van der Waals surface area (Å²) in [5.41, 5.74) is 4.04. The van der Waals surface area contributed by atoms with Crippen molar-refractivity contribution in [2.24, 2.45) is 0 Å². The zero-order valence-electron chi connectivity index (χ0n) is 7.36. The summed E-state index contributed by atoms with van der Waals surface area (Å²) >= 11 is 0. The van der Waals surface area contributed by atoms with Crippen molar-refractivity contribution in [1.29, 1.82) is 0 Å². The highest BCUT2D eigenvalue weighted by atomic mass is 16.2. The lowest BCUT2D eigenvalue weighted by atomic mass is 10.3. The SMILES string of the molecule is O=C1CCCN1Nc1ccccc1. The number of para-hydroxylation sites is 1. The maximum Gasteiger partial charge on any atom is 0.240 e. The van der Waals surface area contributed by atoms with Gasteiger partial charge < -0.3 is 0 Å². The molecule has 1 aromatic carbocycles. The second-order valence-electron chi connectivity index (χ2n) is 3.13. The van der Waals surface area contributed by atoms with Crippen molar-refractivity contribution in [3.05, 3.63) is 30.3 Å². The van der Waals surface area contributed by atoms with E-state index in [9.17, 15) is 4.79 Å². The summed E-state index contributed by atoms with van der Waals surface area (Å²) in [4.78, 5) is 11.2. The number of anilines is 1. The van der Waals surface area contributed by atoms with E-state index < -0.39 is 0 Å². The maximum atomic E-state index is 11.2. The highest BCUT2D eigenvalue weighted by molar-refractivity contribution is 5.79. The quantitative estimate of drug-likeness (QED) is 0.742. The molecule has 68 valence electrons. The number of carbonyl (C=O) groups is 1. The van der Waals surface area contributed by atoms with Crippen LogP contribution in [-0.2, 0) is 4.79 Å². The molecule has 13 heavy (non-hydrogen) atoms. The first-order chi connectivity index (χ1) is 6.36. The summed E-state index contributed by atoms with van der Waals surface area (Å²) in [6.07, 6.45) is 1.62. The van der Waals surface area contributed by atoms with Crippen molar-refractivity contribution in [2.45, 2.75) is 12.8 Å². The molecule has 0 atom stereocenters. The van der Waals surface area contributed by atoms with Gasteiger partial charge in [-0.15, -0.1) is 0 Å². The molecule has 1 aromatic rings. The zero-order chi connectivity index (χ0) is 9.10. The van der Waals surface area contributed by atoms with Crippen LogP contribution in [-0.4, -0.2) is 17.5 Å². The molecule has 1 aliphatic rings. The molecule has 2 rings (SSSR count). The molecule has 3 nitrogen and oxygen atoms in total. The number of amides is 1. The van der Waals surface area contributed by atoms with Crippen LogP contribution in [0.3, 0.4) is 0 Å². The molecule has 0 aliphatic carbocycles. The second-order valence-corrected chi connectivity index (χ2v) is 3.13. The van der Waals surface area contributed by atoms with Gasteiger partial charge in [0.15, 0.2) is 0 Å². The van der Waals surface area contributed by atoms with E-state index in [0.717, 1.165) is 18.7 Å². The number of hydrogen-bond acceptors (Lipinski definition) is 2. The first kappa shape index (κ1) is 8.10. The summed E-state index contributed by atoms with van der Waals surface area (Å²) in [6.45, 7) is 0.813. The molecule has 0 saturated carbocycles. The van der Waals surface area contributed by atoms with Crippen LogP contribution < -0.4 is 5.43 Å². The molecule has 0 aromatic heterocycles. The molecule has 0 radical (unpaired) electrons. The Balaban J connectivity index is 2.02. The van der Waals surface area contributed by atoms with Gasteiger partial charge in [0.05, 0.1) is 5.69 Å². The minimum atomic E-state index is 0.184. The van der Waals surface area contributed by atoms with Gasteiger partial charge in [0.1, 0.15) is 0 Å². The van der Waals surface area contributed by atoms with Gasteiger partial charge in [-0.2, -0.15) is 0 Å². The average Bonchev–Trinajstić information content (AvgIpc) is 2.54. The fraction of sp³-hybridized carbons (Fsp3) is 0.300. The lowest BCUT2D eigenvalue weighted by Crippen LogP contribution is -2.30. The number of hydrazine groups is 1. The molecular formula is C10H12N2O. The van der Waals surface area contributed by atoms with E-state index in [1.54, 1.807) is 5.01 Å². The van der Waals surface area contributed by atoms with Gasteiger partial charge in [-0.3, -0.25) is 15.2 Å². The van der Waals surface area contributed by atoms with Gasteiger partial charge in [0.2, 0.25) is 5.91 Å². The standard InChI is InChI=1S/C10H12N2O/c13-10-7-4-8-12(10)11-9-5-2-1-3-6-9/h1-3,5-6,11H,4,7-8H2. The van der Waals surface area contributed by atoms with Crippen LogP contribution in [0.25, 0.3) is 0 Å². The number of rotatable bonds is 2. The van der Waals surface area contributed by atoms with E-state index in [1.165, 1.54) is 0 Å². The van der Waals surface area contributed by atoms with Gasteiger partial charge in [0, 0.05) is 13.0 Å². The Kier molecular flexibility index (Phi) is 2.17. The van der Waals surface area contributed by atoms with E-state index in [2.05, 4.69) is 5.43 Å². The van der Waals surface area contributed by atoms with Crippen molar-refractivity contribution in [3.8, 4) is 0 Å². The Labute approximate surface area is 77.3 Å².